The smallest absolute Gasteiger partial charge is 0.295 e. The molecule has 0 saturated carbocycles. The van der Waals surface area contributed by atoms with Gasteiger partial charge in [-0.05, 0) is 48.5 Å². The van der Waals surface area contributed by atoms with Gasteiger partial charge in [0, 0.05) is 52.7 Å². The van der Waals surface area contributed by atoms with Crippen LogP contribution < -0.4 is 0 Å². The van der Waals surface area contributed by atoms with E-state index in [-0.39, 0.29) is 72.7 Å². The molecule has 0 bridgehead atoms. The molecule has 0 fully saturated rings. The van der Waals surface area contributed by atoms with E-state index in [0.29, 0.717) is 0 Å². The van der Waals surface area contributed by atoms with Crippen LogP contribution in [0.15, 0.2) is 70.7 Å². The van der Waals surface area contributed by atoms with Gasteiger partial charge in [0.25, 0.3) is 20.2 Å². The monoisotopic (exact) mass is 473 g/mol. The van der Waals surface area contributed by atoms with Gasteiger partial charge >= 0.3 is 0 Å². The summed E-state index contributed by atoms with van der Waals surface area (Å²) in [5, 5.41) is 19.2. The predicted molar refractivity (Wildman–Crippen MR) is 112 cm³/mol. The third-order valence-corrected chi connectivity index (χ3v) is 5.80. The predicted octanol–water partition coefficient (Wildman–Crippen LogP) is 1.99. The second-order valence-electron chi connectivity index (χ2n) is 5.91. The molecule has 4 rings (SSSR count). The van der Waals surface area contributed by atoms with E-state index in [1.807, 2.05) is 0 Å². The van der Waals surface area contributed by atoms with E-state index in [1.165, 1.54) is 48.8 Å². The van der Waals surface area contributed by atoms with E-state index in [9.17, 15) is 27.0 Å². The summed E-state index contributed by atoms with van der Waals surface area (Å²) in [7, 11) is -8.59. The van der Waals surface area contributed by atoms with Crippen molar-refractivity contribution < 1.29 is 36.2 Å². The second kappa shape index (κ2) is 9.44. The maximum atomic E-state index is 11.0. The van der Waals surface area contributed by atoms with Crippen molar-refractivity contribution in [3.05, 3.63) is 60.9 Å². The second-order valence-corrected chi connectivity index (χ2v) is 8.69. The number of hydrogen-bond acceptors (Lipinski definition) is 8. The van der Waals surface area contributed by atoms with Crippen molar-refractivity contribution in [3.8, 4) is 11.5 Å². The Hall–Kier alpha value is -2.32. The molecule has 0 aliphatic heterocycles. The molecule has 0 unspecified atom stereocenters. The van der Waals surface area contributed by atoms with Crippen LogP contribution in [0.25, 0.3) is 21.8 Å². The van der Waals surface area contributed by atoms with E-state index < -0.39 is 20.2 Å². The van der Waals surface area contributed by atoms with Gasteiger partial charge in [0.15, 0.2) is 0 Å². The normalized spacial score (nSPS) is 11.4. The SMILES string of the molecule is O=S(=O)(O)c1ccc(O)c2ncccc12.O=S(=O)(O)c1ccc(O)c2ncccc12.[Na]. The molecule has 0 spiro atoms. The first-order valence-electron chi connectivity index (χ1n) is 8.08. The Kier molecular flexibility index (Phi) is 7.60. The molecule has 2 aromatic heterocycles. The van der Waals surface area contributed by atoms with Crippen LogP contribution in [0.1, 0.15) is 0 Å². The topological polar surface area (TPSA) is 175 Å². The van der Waals surface area contributed by atoms with Crippen molar-refractivity contribution in [1.29, 1.82) is 0 Å². The Labute approximate surface area is 199 Å². The minimum atomic E-state index is -4.30. The van der Waals surface area contributed by atoms with Crippen LogP contribution in [0.4, 0.5) is 0 Å². The van der Waals surface area contributed by atoms with Crippen molar-refractivity contribution in [2.75, 3.05) is 0 Å². The molecule has 0 amide bonds. The number of rotatable bonds is 2. The zero-order chi connectivity index (χ0) is 22.1. The first kappa shape index (κ1) is 24.9. The van der Waals surface area contributed by atoms with Crippen LogP contribution in [-0.2, 0) is 20.2 Å². The zero-order valence-electron chi connectivity index (χ0n) is 15.9. The van der Waals surface area contributed by atoms with Crippen LogP contribution in [0.5, 0.6) is 11.5 Å². The molecule has 0 atom stereocenters. The van der Waals surface area contributed by atoms with Crippen molar-refractivity contribution in [2.24, 2.45) is 0 Å². The molecular formula is C18H14N2NaO8S2. The minimum Gasteiger partial charge on any atom is -0.506 e. The van der Waals surface area contributed by atoms with E-state index >= 15 is 0 Å². The van der Waals surface area contributed by atoms with Gasteiger partial charge in [-0.2, -0.15) is 16.8 Å². The van der Waals surface area contributed by atoms with Crippen LogP contribution >= 0.6 is 0 Å². The Morgan fingerprint density at radius 3 is 1.29 bits per heavy atom. The third-order valence-electron chi connectivity index (χ3n) is 3.97. The summed E-state index contributed by atoms with van der Waals surface area (Å²) in [6, 6.07) is 10.6. The standard InChI is InChI=1S/2C9H7NO4S.Na/c2*11-7-3-4-8(15(12,13)14)6-2-1-5-10-9(6)7;/h2*1-5,11H,(H,12,13,14);. The number of pyridine rings is 2. The van der Waals surface area contributed by atoms with E-state index in [2.05, 4.69) is 9.97 Å². The van der Waals surface area contributed by atoms with Gasteiger partial charge in [-0.25, -0.2) is 0 Å². The van der Waals surface area contributed by atoms with Gasteiger partial charge in [-0.1, -0.05) is 0 Å². The molecule has 4 N–H and O–H groups in total. The number of fused-ring (bicyclic) bond motifs is 2. The van der Waals surface area contributed by atoms with Crippen LogP contribution in [0.3, 0.4) is 0 Å². The van der Waals surface area contributed by atoms with E-state index in [0.717, 1.165) is 12.1 Å². The molecule has 13 heteroatoms. The summed E-state index contributed by atoms with van der Waals surface area (Å²) in [6.45, 7) is 0. The molecular weight excluding hydrogens is 459 g/mol. The fourth-order valence-electron chi connectivity index (χ4n) is 2.71. The molecule has 4 aromatic rings. The van der Waals surface area contributed by atoms with Crippen molar-refractivity contribution in [3.63, 3.8) is 0 Å². The maximum Gasteiger partial charge on any atom is 0.295 e. The molecule has 1 radical (unpaired) electrons. The largest absolute Gasteiger partial charge is 0.506 e. The fourth-order valence-corrected chi connectivity index (χ4v) is 4.08. The fraction of sp³-hybridized carbons (Fsp3) is 0. The number of nitrogens with zero attached hydrogens (tertiary/aromatic N) is 2. The van der Waals surface area contributed by atoms with Gasteiger partial charge in [-0.15, -0.1) is 0 Å². The van der Waals surface area contributed by atoms with Gasteiger partial charge in [0.05, 0.1) is 0 Å². The first-order valence-corrected chi connectivity index (χ1v) is 11.0. The Morgan fingerprint density at radius 1 is 0.613 bits per heavy atom. The molecule has 0 aliphatic rings. The summed E-state index contributed by atoms with van der Waals surface area (Å²) in [5.74, 6) is -0.254. The number of benzene rings is 2. The summed E-state index contributed by atoms with van der Waals surface area (Å²) < 4.78 is 61.9. The zero-order valence-corrected chi connectivity index (χ0v) is 19.5. The number of phenolic OH excluding ortho intramolecular Hbond substituents is 2. The number of phenols is 2. The van der Waals surface area contributed by atoms with Crippen molar-refractivity contribution >= 4 is 71.6 Å². The van der Waals surface area contributed by atoms with Gasteiger partial charge < -0.3 is 10.2 Å². The quantitative estimate of drug-likeness (QED) is 0.249. The Morgan fingerprint density at radius 2 is 0.968 bits per heavy atom. The van der Waals surface area contributed by atoms with E-state index in [4.69, 9.17) is 9.11 Å². The number of hydrogen-bond donors (Lipinski definition) is 4. The average molecular weight is 473 g/mol. The maximum absolute atomic E-state index is 11.0. The van der Waals surface area contributed by atoms with Gasteiger partial charge in [0.1, 0.15) is 32.3 Å². The molecule has 0 aliphatic carbocycles. The van der Waals surface area contributed by atoms with Crippen molar-refractivity contribution in [1.82, 2.24) is 9.97 Å². The van der Waals surface area contributed by atoms with Crippen LogP contribution in [0, 0.1) is 0 Å². The summed E-state index contributed by atoms with van der Waals surface area (Å²) >= 11 is 0. The first-order chi connectivity index (χ1) is 14.0. The molecule has 157 valence electrons. The molecule has 2 aromatic carbocycles. The molecule has 0 saturated heterocycles. The van der Waals surface area contributed by atoms with Gasteiger partial charge in [-0.3, -0.25) is 19.1 Å². The molecule has 2 heterocycles. The third kappa shape index (κ3) is 5.49. The van der Waals surface area contributed by atoms with E-state index in [1.54, 1.807) is 0 Å². The van der Waals surface area contributed by atoms with Crippen LogP contribution in [-0.4, -0.2) is 75.7 Å². The summed E-state index contributed by atoms with van der Waals surface area (Å²) in [5.41, 5.74) is 0.292. The molecule has 10 nitrogen and oxygen atoms in total. The summed E-state index contributed by atoms with van der Waals surface area (Å²) in [6.07, 6.45) is 2.85. The summed E-state index contributed by atoms with van der Waals surface area (Å²) in [4.78, 5) is 7.14. The molecule has 31 heavy (non-hydrogen) atoms. The Bertz CT molecular complexity index is 1360. The minimum absolute atomic E-state index is 0. The Balaban J connectivity index is 0.000000213. The van der Waals surface area contributed by atoms with Crippen molar-refractivity contribution in [2.45, 2.75) is 9.79 Å². The van der Waals surface area contributed by atoms with Gasteiger partial charge in [0.2, 0.25) is 0 Å². The number of aromatic nitrogens is 2. The number of aromatic hydroxyl groups is 2. The average Bonchev–Trinajstić information content (AvgIpc) is 2.67. The van der Waals surface area contributed by atoms with Crippen LogP contribution in [0.2, 0.25) is 0 Å².